The van der Waals surface area contributed by atoms with E-state index in [1.54, 1.807) is 0 Å². The van der Waals surface area contributed by atoms with Gasteiger partial charge in [-0.3, -0.25) is 14.3 Å². The Balaban J connectivity index is 0. The van der Waals surface area contributed by atoms with Crippen molar-refractivity contribution in [2.45, 2.75) is 6.73 Å². The number of ether oxygens (including phenoxy) is 1. The molecule has 1 rings (SSSR count). The maximum Gasteiger partial charge on any atom is 1.00 e. The van der Waals surface area contributed by atoms with Gasteiger partial charge in [-0.15, -0.1) is 0 Å². The van der Waals surface area contributed by atoms with Crippen LogP contribution in [0.15, 0.2) is 21.9 Å². The van der Waals surface area contributed by atoms with Gasteiger partial charge in [0, 0.05) is 12.3 Å². The molecule has 96 valence electrons. The van der Waals surface area contributed by atoms with E-state index in [9.17, 15) is 23.9 Å². The Kier molecular flexibility index (Phi) is 12.1. The van der Waals surface area contributed by atoms with Gasteiger partial charge in [-0.25, -0.2) is 4.79 Å². The van der Waals surface area contributed by atoms with Crippen LogP contribution >= 0.6 is 7.82 Å². The van der Waals surface area contributed by atoms with Gasteiger partial charge in [-0.2, -0.15) is 0 Å². The van der Waals surface area contributed by atoms with E-state index in [2.05, 4.69) is 4.52 Å². The first-order chi connectivity index (χ1) is 7.88. The summed E-state index contributed by atoms with van der Waals surface area (Å²) < 4.78 is 19.9. The van der Waals surface area contributed by atoms with E-state index >= 15 is 0 Å². The van der Waals surface area contributed by atoms with Gasteiger partial charge in [0.2, 0.25) is 0 Å². The third-order valence-corrected chi connectivity index (χ3v) is 2.10. The van der Waals surface area contributed by atoms with Crippen molar-refractivity contribution < 1.29 is 82.7 Å². The summed E-state index contributed by atoms with van der Waals surface area (Å²) in [6, 6.07) is 1.13. The maximum absolute atomic E-state index is 11.1. The van der Waals surface area contributed by atoms with Crippen molar-refractivity contribution in [3.8, 4) is 0 Å². The van der Waals surface area contributed by atoms with Gasteiger partial charge in [0.05, 0.1) is 21.0 Å². The Morgan fingerprint density at radius 3 is 2.42 bits per heavy atom. The standard InChI is InChI=1S/C7H11N2O7P.2Na/c10-6-1-2-9(7(11)8-6)5-15-3-4-16-17(12,13)14;;/h1-2H,3-5H2,(H,8,10,11)(H2,12,13,14);;/q;2*+1/p-2. The van der Waals surface area contributed by atoms with E-state index in [0.717, 1.165) is 10.6 Å². The number of aromatic nitrogens is 2. The Hall–Kier alpha value is 0.750. The number of nitrogens with one attached hydrogen (secondary N) is 1. The zero-order chi connectivity index (χ0) is 12.9. The van der Waals surface area contributed by atoms with Gasteiger partial charge in [0.1, 0.15) is 6.73 Å². The fourth-order valence-electron chi connectivity index (χ4n) is 0.917. The summed E-state index contributed by atoms with van der Waals surface area (Å²) in [6.45, 7) is -0.802. The molecular formula is C7H9N2Na2O7P. The molecule has 0 aliphatic heterocycles. The molecule has 1 aromatic heterocycles. The van der Waals surface area contributed by atoms with Crippen LogP contribution in [0, 0.1) is 0 Å². The molecule has 0 saturated carbocycles. The average Bonchev–Trinajstić information content (AvgIpc) is 2.18. The van der Waals surface area contributed by atoms with Crippen molar-refractivity contribution in [1.82, 2.24) is 9.55 Å². The molecule has 1 aromatic rings. The van der Waals surface area contributed by atoms with Crippen LogP contribution in [0.1, 0.15) is 0 Å². The van der Waals surface area contributed by atoms with Crippen LogP contribution in [0.3, 0.4) is 0 Å². The molecule has 0 unspecified atom stereocenters. The molecular weight excluding hydrogens is 301 g/mol. The normalized spacial score (nSPS) is 10.4. The van der Waals surface area contributed by atoms with Crippen LogP contribution in [-0.2, 0) is 20.6 Å². The SMILES string of the molecule is O=c1ccn(COCCOP(=O)([O-])[O-])c(=O)[nH]1.[Na+].[Na+]. The second-order valence-electron chi connectivity index (χ2n) is 2.90. The number of rotatable bonds is 6. The van der Waals surface area contributed by atoms with E-state index in [0.29, 0.717) is 0 Å². The molecule has 0 saturated heterocycles. The van der Waals surface area contributed by atoms with Crippen LogP contribution in [0.2, 0.25) is 0 Å². The number of aromatic amines is 1. The number of nitrogens with zero attached hydrogens (tertiary/aromatic N) is 1. The summed E-state index contributed by atoms with van der Waals surface area (Å²) in [6.07, 6.45) is 1.22. The maximum atomic E-state index is 11.1. The van der Waals surface area contributed by atoms with Crippen LogP contribution in [0.5, 0.6) is 0 Å². The summed E-state index contributed by atoms with van der Waals surface area (Å²) >= 11 is 0. The van der Waals surface area contributed by atoms with Crippen molar-refractivity contribution in [2.24, 2.45) is 0 Å². The smallest absolute Gasteiger partial charge is 0.790 e. The topological polar surface area (TPSA) is 137 Å². The second kappa shape index (κ2) is 10.5. The molecule has 0 aliphatic carbocycles. The summed E-state index contributed by atoms with van der Waals surface area (Å²) in [5.41, 5.74) is -1.19. The predicted octanol–water partition coefficient (Wildman–Crippen LogP) is -8.64. The van der Waals surface area contributed by atoms with Crippen molar-refractivity contribution in [3.63, 3.8) is 0 Å². The zero-order valence-corrected chi connectivity index (χ0v) is 15.4. The first-order valence-electron chi connectivity index (χ1n) is 4.42. The van der Waals surface area contributed by atoms with Crippen molar-refractivity contribution in [2.75, 3.05) is 13.2 Å². The molecule has 0 radical (unpaired) electrons. The first-order valence-corrected chi connectivity index (χ1v) is 5.89. The fourth-order valence-corrected chi connectivity index (χ4v) is 1.21. The molecule has 0 aromatic carbocycles. The monoisotopic (exact) mass is 310 g/mol. The van der Waals surface area contributed by atoms with Gasteiger partial charge in [-0.05, 0) is 0 Å². The summed E-state index contributed by atoms with van der Waals surface area (Å²) in [5.74, 6) is 0. The van der Waals surface area contributed by atoms with Crippen molar-refractivity contribution in [3.05, 3.63) is 33.1 Å². The molecule has 0 spiro atoms. The van der Waals surface area contributed by atoms with Crippen LogP contribution < -0.4 is 80.2 Å². The second-order valence-corrected chi connectivity index (χ2v) is 4.05. The summed E-state index contributed by atoms with van der Waals surface area (Å²) in [7, 11) is -4.99. The Labute approximate surface area is 152 Å². The van der Waals surface area contributed by atoms with Crippen LogP contribution in [-0.4, -0.2) is 22.8 Å². The quantitative estimate of drug-likeness (QED) is 0.313. The van der Waals surface area contributed by atoms with E-state index < -0.39 is 25.7 Å². The van der Waals surface area contributed by atoms with Crippen LogP contribution in [0.25, 0.3) is 0 Å². The molecule has 0 atom stereocenters. The Morgan fingerprint density at radius 2 is 1.89 bits per heavy atom. The predicted molar refractivity (Wildman–Crippen MR) is 50.8 cm³/mol. The average molecular weight is 310 g/mol. The molecule has 1 heterocycles. The van der Waals surface area contributed by atoms with Gasteiger partial charge in [0.15, 0.2) is 0 Å². The minimum absolute atomic E-state index is 0. The molecule has 12 heteroatoms. The van der Waals surface area contributed by atoms with Gasteiger partial charge in [-0.1, -0.05) is 0 Å². The van der Waals surface area contributed by atoms with Crippen LogP contribution in [0.4, 0.5) is 0 Å². The molecule has 0 amide bonds. The molecule has 19 heavy (non-hydrogen) atoms. The Bertz CT molecular complexity index is 525. The molecule has 0 fully saturated rings. The molecule has 0 bridgehead atoms. The first kappa shape index (κ1) is 22.0. The molecule has 9 nitrogen and oxygen atoms in total. The third-order valence-electron chi connectivity index (χ3n) is 1.60. The summed E-state index contributed by atoms with van der Waals surface area (Å²) in [5, 5.41) is 0. The van der Waals surface area contributed by atoms with E-state index in [1.807, 2.05) is 4.98 Å². The van der Waals surface area contributed by atoms with Crippen molar-refractivity contribution >= 4 is 7.82 Å². The zero-order valence-electron chi connectivity index (χ0n) is 10.5. The molecule has 0 aliphatic rings. The number of hydrogen-bond donors (Lipinski definition) is 1. The number of hydrogen-bond acceptors (Lipinski definition) is 7. The largest absolute Gasteiger partial charge is 1.00 e. The van der Waals surface area contributed by atoms with E-state index in [4.69, 9.17) is 4.74 Å². The Morgan fingerprint density at radius 1 is 1.26 bits per heavy atom. The number of H-pyrrole nitrogens is 1. The summed E-state index contributed by atoms with van der Waals surface area (Å²) in [4.78, 5) is 43.9. The van der Waals surface area contributed by atoms with E-state index in [1.165, 1.54) is 6.20 Å². The number of phosphoric acid groups is 1. The fraction of sp³-hybridized carbons (Fsp3) is 0.429. The van der Waals surface area contributed by atoms with Gasteiger partial charge >= 0.3 is 64.8 Å². The van der Waals surface area contributed by atoms with Gasteiger partial charge < -0.3 is 23.6 Å². The third kappa shape index (κ3) is 10.2. The minimum Gasteiger partial charge on any atom is -0.790 e. The number of phosphoric ester groups is 1. The van der Waals surface area contributed by atoms with E-state index in [-0.39, 0.29) is 72.5 Å². The van der Waals surface area contributed by atoms with Gasteiger partial charge in [0.25, 0.3) is 5.56 Å². The minimum atomic E-state index is -4.99. The van der Waals surface area contributed by atoms with Crippen molar-refractivity contribution in [1.29, 1.82) is 0 Å². The molecule has 1 N–H and O–H groups in total.